The highest BCUT2D eigenvalue weighted by Crippen LogP contribution is 2.30. The SMILES string of the molecule is COCC(NC(=O)C(N)CC(=O)OCc1ccccc1)C(=O)NCc1cccc(OC)c1OC. The van der Waals surface area contributed by atoms with E-state index in [1.165, 1.54) is 21.3 Å². The topological polar surface area (TPSA) is 138 Å². The summed E-state index contributed by atoms with van der Waals surface area (Å²) in [4.78, 5) is 37.2. The molecule has 10 heteroatoms. The average Bonchev–Trinajstić information content (AvgIpc) is 2.85. The maximum absolute atomic E-state index is 12.7. The maximum atomic E-state index is 12.7. The van der Waals surface area contributed by atoms with Crippen LogP contribution in [-0.2, 0) is 37.0 Å². The molecule has 2 amide bonds. The summed E-state index contributed by atoms with van der Waals surface area (Å²) in [6.07, 6.45) is -0.332. The van der Waals surface area contributed by atoms with E-state index >= 15 is 0 Å². The molecule has 4 N–H and O–H groups in total. The van der Waals surface area contributed by atoms with Crippen molar-refractivity contribution in [1.82, 2.24) is 10.6 Å². The van der Waals surface area contributed by atoms with Gasteiger partial charge in [0.2, 0.25) is 11.8 Å². The molecule has 34 heavy (non-hydrogen) atoms. The van der Waals surface area contributed by atoms with E-state index in [2.05, 4.69) is 10.6 Å². The lowest BCUT2D eigenvalue weighted by Gasteiger charge is -2.20. The Morgan fingerprint density at radius 2 is 1.68 bits per heavy atom. The van der Waals surface area contributed by atoms with Gasteiger partial charge in [0.1, 0.15) is 12.6 Å². The van der Waals surface area contributed by atoms with Crippen LogP contribution in [0.3, 0.4) is 0 Å². The molecule has 2 atom stereocenters. The lowest BCUT2D eigenvalue weighted by atomic mass is 10.1. The average molecular weight is 474 g/mol. The van der Waals surface area contributed by atoms with E-state index in [-0.39, 0.29) is 26.2 Å². The van der Waals surface area contributed by atoms with Crippen LogP contribution in [0.5, 0.6) is 11.5 Å². The summed E-state index contributed by atoms with van der Waals surface area (Å²) in [5.74, 6) is -0.758. The van der Waals surface area contributed by atoms with Crippen molar-refractivity contribution in [1.29, 1.82) is 0 Å². The fourth-order valence-corrected chi connectivity index (χ4v) is 3.10. The van der Waals surface area contributed by atoms with Crippen molar-refractivity contribution in [2.24, 2.45) is 5.73 Å². The van der Waals surface area contributed by atoms with Crippen molar-refractivity contribution < 1.29 is 33.3 Å². The number of hydrogen-bond donors (Lipinski definition) is 3. The molecule has 0 spiro atoms. The molecule has 2 aromatic carbocycles. The number of nitrogens with two attached hydrogens (primary N) is 1. The molecule has 2 aromatic rings. The number of carbonyl (C=O) groups excluding carboxylic acids is 3. The molecule has 0 aliphatic rings. The molecule has 0 aromatic heterocycles. The molecule has 2 unspecified atom stereocenters. The predicted octanol–water partition coefficient (Wildman–Crippen LogP) is 0.912. The second kappa shape index (κ2) is 13.8. The van der Waals surface area contributed by atoms with Gasteiger partial charge in [0, 0.05) is 19.2 Å². The van der Waals surface area contributed by atoms with E-state index in [1.807, 2.05) is 30.3 Å². The predicted molar refractivity (Wildman–Crippen MR) is 124 cm³/mol. The molecule has 10 nitrogen and oxygen atoms in total. The Hall–Kier alpha value is -3.63. The van der Waals surface area contributed by atoms with E-state index in [0.717, 1.165) is 5.56 Å². The van der Waals surface area contributed by atoms with Crippen LogP contribution in [0.1, 0.15) is 17.5 Å². The highest BCUT2D eigenvalue weighted by Gasteiger charge is 2.26. The molecule has 0 aliphatic heterocycles. The van der Waals surface area contributed by atoms with Gasteiger partial charge in [-0.3, -0.25) is 14.4 Å². The Morgan fingerprint density at radius 1 is 0.941 bits per heavy atom. The van der Waals surface area contributed by atoms with Crippen molar-refractivity contribution in [3.05, 3.63) is 59.7 Å². The standard InChI is InChI=1S/C24H31N3O7/c1-31-15-19(24(30)26-13-17-10-7-11-20(32-2)22(17)33-3)27-23(29)18(25)12-21(28)34-14-16-8-5-4-6-9-16/h4-11,18-19H,12-15,25H2,1-3H3,(H,26,30)(H,27,29). The largest absolute Gasteiger partial charge is 0.493 e. The molecule has 0 bridgehead atoms. The van der Waals surface area contributed by atoms with Crippen LogP contribution in [0.2, 0.25) is 0 Å². The van der Waals surface area contributed by atoms with E-state index in [0.29, 0.717) is 17.1 Å². The number of amides is 2. The van der Waals surface area contributed by atoms with Crippen molar-refractivity contribution in [2.75, 3.05) is 27.9 Å². The highest BCUT2D eigenvalue weighted by molar-refractivity contribution is 5.91. The molecule has 0 fully saturated rings. The quantitative estimate of drug-likeness (QED) is 0.365. The summed E-state index contributed by atoms with van der Waals surface area (Å²) in [5, 5.41) is 5.25. The molecule has 184 valence electrons. The summed E-state index contributed by atoms with van der Waals surface area (Å²) in [6.45, 7) is 0.127. The van der Waals surface area contributed by atoms with Crippen LogP contribution < -0.4 is 25.8 Å². The second-order valence-electron chi connectivity index (χ2n) is 7.34. The van der Waals surface area contributed by atoms with E-state index in [1.54, 1.807) is 18.2 Å². The van der Waals surface area contributed by atoms with Crippen LogP contribution in [0.4, 0.5) is 0 Å². The summed E-state index contributed by atoms with van der Waals surface area (Å²) >= 11 is 0. The van der Waals surface area contributed by atoms with Gasteiger partial charge in [-0.15, -0.1) is 0 Å². The second-order valence-corrected chi connectivity index (χ2v) is 7.34. The number of nitrogens with one attached hydrogen (secondary N) is 2. The van der Waals surface area contributed by atoms with E-state index < -0.39 is 29.9 Å². The zero-order valence-electron chi connectivity index (χ0n) is 19.5. The number of benzene rings is 2. The molecule has 0 saturated heterocycles. The zero-order chi connectivity index (χ0) is 24.9. The molecule has 0 radical (unpaired) electrons. The maximum Gasteiger partial charge on any atom is 0.308 e. The molecule has 0 heterocycles. The van der Waals surface area contributed by atoms with Gasteiger partial charge in [-0.05, 0) is 11.6 Å². The van der Waals surface area contributed by atoms with Crippen LogP contribution in [0.15, 0.2) is 48.5 Å². The Bertz CT molecular complexity index is 953. The van der Waals surface area contributed by atoms with Crippen molar-refractivity contribution in [2.45, 2.75) is 31.7 Å². The van der Waals surface area contributed by atoms with E-state index in [9.17, 15) is 14.4 Å². The third kappa shape index (κ3) is 8.05. The van der Waals surface area contributed by atoms with Gasteiger partial charge in [-0.25, -0.2) is 0 Å². The fourth-order valence-electron chi connectivity index (χ4n) is 3.10. The summed E-state index contributed by atoms with van der Waals surface area (Å²) in [6, 6.07) is 12.2. The molecule has 0 aliphatic carbocycles. The molecular formula is C24H31N3O7. The first-order valence-electron chi connectivity index (χ1n) is 10.6. The lowest BCUT2D eigenvalue weighted by molar-refractivity contribution is -0.146. The Kier molecular flexibility index (Phi) is 10.8. The van der Waals surface area contributed by atoms with Gasteiger partial charge >= 0.3 is 5.97 Å². The number of methoxy groups -OCH3 is 3. The number of carbonyl (C=O) groups is 3. The third-order valence-corrected chi connectivity index (χ3v) is 4.87. The third-order valence-electron chi connectivity index (χ3n) is 4.87. The number of para-hydroxylation sites is 1. The molecule has 2 rings (SSSR count). The normalized spacial score (nSPS) is 12.2. The van der Waals surface area contributed by atoms with Crippen LogP contribution >= 0.6 is 0 Å². The minimum Gasteiger partial charge on any atom is -0.493 e. The molecule has 0 saturated carbocycles. The van der Waals surface area contributed by atoms with Gasteiger partial charge in [0.15, 0.2) is 11.5 Å². The fraction of sp³-hybridized carbons (Fsp3) is 0.375. The smallest absolute Gasteiger partial charge is 0.308 e. The van der Waals surface area contributed by atoms with Gasteiger partial charge in [-0.2, -0.15) is 0 Å². The van der Waals surface area contributed by atoms with Crippen molar-refractivity contribution in [3.8, 4) is 11.5 Å². The summed E-state index contributed by atoms with van der Waals surface area (Å²) < 4.78 is 20.8. The number of rotatable bonds is 13. The van der Waals surface area contributed by atoms with Gasteiger partial charge < -0.3 is 35.3 Å². The summed E-state index contributed by atoms with van der Waals surface area (Å²) in [7, 11) is 4.42. The monoisotopic (exact) mass is 473 g/mol. The lowest BCUT2D eigenvalue weighted by Crippen LogP contribution is -2.53. The summed E-state index contributed by atoms with van der Waals surface area (Å²) in [5.41, 5.74) is 7.36. The van der Waals surface area contributed by atoms with Gasteiger partial charge in [0.05, 0.1) is 33.3 Å². The minimum absolute atomic E-state index is 0.0798. The zero-order valence-corrected chi connectivity index (χ0v) is 19.5. The van der Waals surface area contributed by atoms with Crippen molar-refractivity contribution >= 4 is 17.8 Å². The van der Waals surface area contributed by atoms with Gasteiger partial charge in [0.25, 0.3) is 0 Å². The molecular weight excluding hydrogens is 442 g/mol. The van der Waals surface area contributed by atoms with Crippen LogP contribution in [0, 0.1) is 0 Å². The van der Waals surface area contributed by atoms with Crippen LogP contribution in [-0.4, -0.2) is 57.8 Å². The number of hydrogen-bond acceptors (Lipinski definition) is 8. The first kappa shape index (κ1) is 26.6. The number of esters is 1. The van der Waals surface area contributed by atoms with E-state index in [4.69, 9.17) is 24.7 Å². The van der Waals surface area contributed by atoms with Crippen LogP contribution in [0.25, 0.3) is 0 Å². The Labute approximate surface area is 198 Å². The first-order valence-corrected chi connectivity index (χ1v) is 10.6. The van der Waals surface area contributed by atoms with Crippen molar-refractivity contribution in [3.63, 3.8) is 0 Å². The first-order chi connectivity index (χ1) is 16.4. The number of ether oxygens (including phenoxy) is 4. The Balaban J connectivity index is 1.89. The highest BCUT2D eigenvalue weighted by atomic mass is 16.5. The Morgan fingerprint density at radius 3 is 2.32 bits per heavy atom. The van der Waals surface area contributed by atoms with Gasteiger partial charge in [-0.1, -0.05) is 42.5 Å². The minimum atomic E-state index is -1.19.